The third-order valence-corrected chi connectivity index (χ3v) is 8.12. The van der Waals surface area contributed by atoms with Crippen LogP contribution in [0.1, 0.15) is 139 Å². The molecule has 2 heterocycles. The van der Waals surface area contributed by atoms with Crippen molar-refractivity contribution in [2.75, 3.05) is 0 Å². The molecule has 347 valence electrons. The SMILES string of the molecule is CC.CC.CC.CC.CC.CC.CC1(C)C=C(NC(=NCc2ccccc2)NC#N)c2ccccc2O1.CC1(C)Oc2ccccc2C(NC(=NCc2ccccc2)NC#N)C1O.[Ac]. The van der Waals surface area contributed by atoms with Crippen molar-refractivity contribution >= 4 is 17.6 Å². The van der Waals surface area contributed by atoms with E-state index in [0.29, 0.717) is 30.8 Å². The van der Waals surface area contributed by atoms with Crippen LogP contribution in [0.3, 0.4) is 0 Å². The molecule has 4 aromatic rings. The third-order valence-electron chi connectivity index (χ3n) is 8.12. The molecule has 0 aromatic heterocycles. The number of ether oxygens (including phenoxy) is 2. The van der Waals surface area contributed by atoms with Gasteiger partial charge < -0.3 is 25.2 Å². The van der Waals surface area contributed by atoms with Crippen molar-refractivity contribution < 1.29 is 58.6 Å². The summed E-state index contributed by atoms with van der Waals surface area (Å²) in [5, 5.41) is 40.5. The van der Waals surface area contributed by atoms with E-state index >= 15 is 0 Å². The molecule has 2 aliphatic rings. The van der Waals surface area contributed by atoms with Crippen LogP contribution in [0.4, 0.5) is 0 Å². The minimum absolute atomic E-state index is 0. The number of para-hydroxylation sites is 2. The van der Waals surface area contributed by atoms with E-state index in [1.807, 2.05) is 238 Å². The van der Waals surface area contributed by atoms with Gasteiger partial charge in [-0.2, -0.15) is 10.5 Å². The van der Waals surface area contributed by atoms with Gasteiger partial charge in [0, 0.05) is 55.2 Å². The molecule has 4 aromatic carbocycles. The summed E-state index contributed by atoms with van der Waals surface area (Å²) in [5.41, 5.74) is 3.50. The summed E-state index contributed by atoms with van der Waals surface area (Å²) in [7, 11) is 0. The Bertz CT molecular complexity index is 1970. The number of hydrogen-bond donors (Lipinski definition) is 5. The van der Waals surface area contributed by atoms with Gasteiger partial charge in [-0.3, -0.25) is 10.6 Å². The van der Waals surface area contributed by atoms with Crippen LogP contribution in [0.5, 0.6) is 11.5 Å². The van der Waals surface area contributed by atoms with Gasteiger partial charge in [0.25, 0.3) is 0 Å². The molecule has 0 bridgehead atoms. The van der Waals surface area contributed by atoms with Crippen molar-refractivity contribution in [2.24, 2.45) is 9.98 Å². The molecule has 0 spiro atoms. The van der Waals surface area contributed by atoms with E-state index in [2.05, 4.69) is 31.3 Å². The number of nitriles is 2. The Kier molecular flexibility index (Phi) is 37.2. The fourth-order valence-corrected chi connectivity index (χ4v) is 5.64. The Morgan fingerprint density at radius 2 is 1.02 bits per heavy atom. The van der Waals surface area contributed by atoms with E-state index in [1.165, 1.54) is 0 Å². The summed E-state index contributed by atoms with van der Waals surface area (Å²) in [5.74, 6) is 2.23. The fraction of sp³-hybridized carbons (Fsp3) is 0.423. The quantitative estimate of drug-likeness (QED) is 0.0548. The number of fused-ring (bicyclic) bond motifs is 2. The summed E-state index contributed by atoms with van der Waals surface area (Å²) in [6.07, 6.45) is 5.01. The number of guanidine groups is 2. The summed E-state index contributed by atoms with van der Waals surface area (Å²) < 4.78 is 11.9. The molecule has 11 nitrogen and oxygen atoms in total. The average molecular weight is 1090 g/mol. The first-order valence-electron chi connectivity index (χ1n) is 22.6. The molecule has 2 unspecified atom stereocenters. The number of benzene rings is 4. The van der Waals surface area contributed by atoms with E-state index in [0.717, 1.165) is 33.7 Å². The zero-order valence-electron chi connectivity index (χ0n) is 41.7. The average Bonchev–Trinajstić information content (AvgIpc) is 3.33. The largest absolute Gasteiger partial charge is 0.485 e. The molecule has 64 heavy (non-hydrogen) atoms. The van der Waals surface area contributed by atoms with E-state index in [9.17, 15) is 5.11 Å². The molecule has 2 aliphatic heterocycles. The van der Waals surface area contributed by atoms with Crippen LogP contribution in [-0.4, -0.2) is 34.3 Å². The molecule has 0 saturated carbocycles. The molecule has 0 aliphatic carbocycles. The molecular formula is C52H78AcN8O3. The first-order chi connectivity index (χ1) is 30.6. The van der Waals surface area contributed by atoms with Crippen LogP contribution in [0.25, 0.3) is 5.70 Å². The Morgan fingerprint density at radius 1 is 0.594 bits per heavy atom. The molecule has 12 heteroatoms. The van der Waals surface area contributed by atoms with Crippen molar-refractivity contribution in [3.8, 4) is 23.9 Å². The van der Waals surface area contributed by atoms with Gasteiger partial charge in [-0.15, -0.1) is 0 Å². The van der Waals surface area contributed by atoms with Crippen LogP contribution in [0.15, 0.2) is 125 Å². The number of aliphatic imine (C=N–C) groups is 2. The minimum Gasteiger partial charge on any atom is -0.485 e. The fourth-order valence-electron chi connectivity index (χ4n) is 5.64. The number of nitrogens with zero attached hydrogens (tertiary/aromatic N) is 4. The number of hydrogen-bond acceptors (Lipinski definition) is 7. The second-order valence-corrected chi connectivity index (χ2v) is 13.0. The summed E-state index contributed by atoms with van der Waals surface area (Å²) in [6, 6.07) is 34.6. The van der Waals surface area contributed by atoms with Crippen LogP contribution in [-0.2, 0) is 13.1 Å². The van der Waals surface area contributed by atoms with Crippen LogP contribution >= 0.6 is 0 Å². The summed E-state index contributed by atoms with van der Waals surface area (Å²) >= 11 is 0. The van der Waals surface area contributed by atoms with Gasteiger partial charge in [-0.1, -0.05) is 174 Å². The van der Waals surface area contributed by atoms with Gasteiger partial charge in [0.1, 0.15) is 28.8 Å². The number of aliphatic hydroxyl groups excluding tert-OH is 1. The zero-order chi connectivity index (χ0) is 48.3. The maximum absolute atomic E-state index is 10.8. The van der Waals surface area contributed by atoms with Crippen molar-refractivity contribution in [3.05, 3.63) is 138 Å². The second-order valence-electron chi connectivity index (χ2n) is 13.0. The topological polar surface area (TPSA) is 159 Å². The van der Waals surface area contributed by atoms with Crippen molar-refractivity contribution in [1.29, 1.82) is 10.5 Å². The molecule has 1 radical (unpaired) electrons. The minimum atomic E-state index is -0.820. The standard InChI is InChI=1S/C20H22N4O2.C20H20N4O.6C2H6.Ac/c1-20(2)18(25)17(15-10-6-7-11-16(15)26-20)24-19(23-13-21)22-12-14-8-4-3-5-9-14;1-20(2)12-17(16-10-6-7-11-18(16)25-20)24-19(23-14-21)22-13-15-8-4-3-5-9-15;6*1-2;/h3-11,17-18,25H,12H2,1-2H3,(H2,22,23,24);3-12H,13H2,1-2H3,(H2,22,23,24);6*1-2H3;. The number of aliphatic hydroxyl groups is 1. The molecule has 0 amide bonds. The third kappa shape index (κ3) is 22.2. The summed E-state index contributed by atoms with van der Waals surface area (Å²) in [4.78, 5) is 8.94. The molecule has 2 atom stereocenters. The van der Waals surface area contributed by atoms with Gasteiger partial charge in [0.2, 0.25) is 11.9 Å². The van der Waals surface area contributed by atoms with Gasteiger partial charge in [-0.25, -0.2) is 9.98 Å². The predicted octanol–water partition coefficient (Wildman–Crippen LogP) is 12.0. The molecule has 0 fully saturated rings. The van der Waals surface area contributed by atoms with Crippen molar-refractivity contribution in [1.82, 2.24) is 21.3 Å². The van der Waals surface area contributed by atoms with E-state index in [4.69, 9.17) is 20.0 Å². The maximum atomic E-state index is 10.8. The molecule has 5 N–H and O–H groups in total. The maximum Gasteiger partial charge on any atom is 0.209 e. The van der Waals surface area contributed by atoms with Crippen molar-refractivity contribution in [3.63, 3.8) is 0 Å². The smallest absolute Gasteiger partial charge is 0.209 e. The van der Waals surface area contributed by atoms with Crippen LogP contribution < -0.4 is 30.7 Å². The Balaban J connectivity index is -0.000000931. The molecule has 6 rings (SSSR count). The predicted molar refractivity (Wildman–Crippen MR) is 266 cm³/mol. The number of nitrogens with one attached hydrogen (secondary N) is 4. The van der Waals surface area contributed by atoms with Gasteiger partial charge in [0.15, 0.2) is 12.4 Å². The normalized spacial score (nSPS) is 15.1. The first-order valence-corrected chi connectivity index (χ1v) is 22.6. The Labute approximate surface area is 423 Å². The van der Waals surface area contributed by atoms with Gasteiger partial charge in [0.05, 0.1) is 24.8 Å². The summed E-state index contributed by atoms with van der Waals surface area (Å²) in [6.45, 7) is 32.5. The zero-order valence-corrected chi connectivity index (χ0v) is 46.4. The molecule has 0 saturated heterocycles. The van der Waals surface area contributed by atoms with E-state index < -0.39 is 23.3 Å². The van der Waals surface area contributed by atoms with Crippen molar-refractivity contribution in [2.45, 2.75) is 147 Å². The van der Waals surface area contributed by atoms with E-state index in [1.54, 1.807) is 0 Å². The van der Waals surface area contributed by atoms with Gasteiger partial charge in [-0.05, 0) is 63.1 Å². The Morgan fingerprint density at radius 3 is 1.52 bits per heavy atom. The molecular weight excluding hydrogens is 1010 g/mol. The monoisotopic (exact) mass is 1090 g/mol. The second kappa shape index (κ2) is 37.5. The Hall–Kier alpha value is -4.86. The number of rotatable bonds is 6. The van der Waals surface area contributed by atoms with Crippen LogP contribution in [0.2, 0.25) is 0 Å². The first kappa shape index (κ1) is 63.4. The van der Waals surface area contributed by atoms with Gasteiger partial charge >= 0.3 is 0 Å². The van der Waals surface area contributed by atoms with E-state index in [-0.39, 0.29) is 44.1 Å². The van der Waals surface area contributed by atoms with Crippen LogP contribution in [0, 0.1) is 67.0 Å².